The van der Waals surface area contributed by atoms with Crippen LogP contribution in [0.5, 0.6) is 0 Å². The minimum Gasteiger partial charge on any atom is -0.328 e. The van der Waals surface area contributed by atoms with Crippen LogP contribution in [0.2, 0.25) is 0 Å². The topological polar surface area (TPSA) is 38.9 Å². The van der Waals surface area contributed by atoms with E-state index in [1.807, 2.05) is 19.1 Å². The summed E-state index contributed by atoms with van der Waals surface area (Å²) >= 11 is 1.77. The third-order valence-electron chi connectivity index (χ3n) is 2.72. The Morgan fingerprint density at radius 3 is 3.06 bits per heavy atom. The Balaban J connectivity index is 2.12. The summed E-state index contributed by atoms with van der Waals surface area (Å²) in [5, 5.41) is 0.861. The highest BCUT2D eigenvalue weighted by atomic mass is 32.2. The van der Waals surface area contributed by atoms with Crippen molar-refractivity contribution in [1.82, 2.24) is 4.98 Å². The van der Waals surface area contributed by atoms with Crippen LogP contribution in [0.1, 0.15) is 18.9 Å². The van der Waals surface area contributed by atoms with Crippen LogP contribution in [0.4, 0.5) is 4.39 Å². The first-order valence-electron chi connectivity index (χ1n) is 6.03. The molecular weight excluding hydrogens is 247 g/mol. The summed E-state index contributed by atoms with van der Waals surface area (Å²) in [6, 6.07) is 7.04. The Morgan fingerprint density at radius 2 is 2.28 bits per heavy atom. The lowest BCUT2D eigenvalue weighted by Crippen LogP contribution is -2.15. The summed E-state index contributed by atoms with van der Waals surface area (Å²) in [6.45, 7) is 2.00. The number of halogens is 1. The van der Waals surface area contributed by atoms with Gasteiger partial charge >= 0.3 is 0 Å². The van der Waals surface area contributed by atoms with Crippen molar-refractivity contribution in [3.8, 4) is 0 Å². The number of rotatable bonds is 5. The van der Waals surface area contributed by atoms with Crippen molar-refractivity contribution in [2.45, 2.75) is 25.1 Å². The molecular formula is C14H17FN2S. The Bertz CT molecular complexity index is 528. The molecule has 0 bridgehead atoms. The number of nitrogens with two attached hydrogens (primary N) is 1. The molecule has 0 saturated carbocycles. The number of fused-ring (bicyclic) bond motifs is 1. The highest BCUT2D eigenvalue weighted by Gasteiger charge is 2.05. The number of hydrogen-bond acceptors (Lipinski definition) is 3. The quantitative estimate of drug-likeness (QED) is 0.842. The zero-order chi connectivity index (χ0) is 13.0. The second-order valence-electron chi connectivity index (χ2n) is 4.46. The highest BCUT2D eigenvalue weighted by molar-refractivity contribution is 7.98. The second-order valence-corrected chi connectivity index (χ2v) is 5.56. The molecule has 0 amide bonds. The molecule has 1 unspecified atom stereocenters. The van der Waals surface area contributed by atoms with Gasteiger partial charge in [0, 0.05) is 23.4 Å². The third kappa shape index (κ3) is 3.43. The SMILES string of the molecule is CC(N)CCSCc1cc(F)cc2cccnc12. The first-order valence-corrected chi connectivity index (χ1v) is 7.19. The molecule has 1 atom stereocenters. The van der Waals surface area contributed by atoms with Crippen molar-refractivity contribution in [2.75, 3.05) is 5.75 Å². The second kappa shape index (κ2) is 6.16. The molecule has 2 N–H and O–H groups in total. The van der Waals surface area contributed by atoms with Crippen LogP contribution in [-0.2, 0) is 5.75 Å². The largest absolute Gasteiger partial charge is 0.328 e. The summed E-state index contributed by atoms with van der Waals surface area (Å²) < 4.78 is 13.5. The lowest BCUT2D eigenvalue weighted by Gasteiger charge is -2.07. The Hall–Kier alpha value is -1.13. The predicted octanol–water partition coefficient (Wildman–Crippen LogP) is 3.34. The van der Waals surface area contributed by atoms with Gasteiger partial charge in [-0.05, 0) is 42.9 Å². The Labute approximate surface area is 111 Å². The van der Waals surface area contributed by atoms with Gasteiger partial charge in [0.2, 0.25) is 0 Å². The maximum absolute atomic E-state index is 13.5. The standard InChI is InChI=1S/C14H17FN2S/c1-10(16)4-6-18-9-12-8-13(15)7-11-3-2-5-17-14(11)12/h2-3,5,7-8,10H,4,6,9,16H2,1H3. The van der Waals surface area contributed by atoms with E-state index in [4.69, 9.17) is 5.73 Å². The molecule has 2 nitrogen and oxygen atoms in total. The normalized spacial score (nSPS) is 12.8. The first-order chi connectivity index (χ1) is 8.66. The van der Waals surface area contributed by atoms with Gasteiger partial charge in [-0.3, -0.25) is 4.98 Å². The summed E-state index contributed by atoms with van der Waals surface area (Å²) in [6.07, 6.45) is 2.72. The molecule has 2 aromatic rings. The first kappa shape index (κ1) is 13.3. The minimum atomic E-state index is -0.196. The summed E-state index contributed by atoms with van der Waals surface area (Å²) in [5.41, 5.74) is 7.55. The van der Waals surface area contributed by atoms with Crippen LogP contribution in [0, 0.1) is 5.82 Å². The number of pyridine rings is 1. The number of hydrogen-bond donors (Lipinski definition) is 1. The molecule has 0 fully saturated rings. The van der Waals surface area contributed by atoms with Gasteiger partial charge in [-0.15, -0.1) is 0 Å². The van der Waals surface area contributed by atoms with Gasteiger partial charge < -0.3 is 5.73 Å². The van der Waals surface area contributed by atoms with Gasteiger partial charge in [0.15, 0.2) is 0 Å². The summed E-state index contributed by atoms with van der Waals surface area (Å²) in [7, 11) is 0. The monoisotopic (exact) mass is 264 g/mol. The van der Waals surface area contributed by atoms with Crippen LogP contribution in [0.3, 0.4) is 0 Å². The zero-order valence-corrected chi connectivity index (χ0v) is 11.2. The van der Waals surface area contributed by atoms with E-state index in [1.165, 1.54) is 6.07 Å². The molecule has 1 aromatic heterocycles. The molecule has 4 heteroatoms. The average molecular weight is 264 g/mol. The van der Waals surface area contributed by atoms with Crippen LogP contribution >= 0.6 is 11.8 Å². The summed E-state index contributed by atoms with van der Waals surface area (Å²) in [4.78, 5) is 4.33. The number of nitrogens with zero attached hydrogens (tertiary/aromatic N) is 1. The lowest BCUT2D eigenvalue weighted by molar-refractivity contribution is 0.628. The predicted molar refractivity (Wildman–Crippen MR) is 76.1 cm³/mol. The molecule has 1 aromatic carbocycles. The van der Waals surface area contributed by atoms with Crippen molar-refractivity contribution in [1.29, 1.82) is 0 Å². The van der Waals surface area contributed by atoms with Gasteiger partial charge in [0.25, 0.3) is 0 Å². The van der Waals surface area contributed by atoms with Gasteiger partial charge in [-0.25, -0.2) is 4.39 Å². The number of thioether (sulfide) groups is 1. The summed E-state index contributed by atoms with van der Waals surface area (Å²) in [5.74, 6) is 1.57. The van der Waals surface area contributed by atoms with Crippen LogP contribution in [-0.4, -0.2) is 16.8 Å². The zero-order valence-electron chi connectivity index (χ0n) is 10.4. The lowest BCUT2D eigenvalue weighted by atomic mass is 10.1. The smallest absolute Gasteiger partial charge is 0.124 e. The molecule has 1 heterocycles. The minimum absolute atomic E-state index is 0.196. The van der Waals surface area contributed by atoms with E-state index >= 15 is 0 Å². The van der Waals surface area contributed by atoms with Crippen molar-refractivity contribution < 1.29 is 4.39 Å². The number of benzene rings is 1. The van der Waals surface area contributed by atoms with E-state index in [0.29, 0.717) is 0 Å². The van der Waals surface area contributed by atoms with E-state index in [0.717, 1.165) is 34.4 Å². The Morgan fingerprint density at radius 1 is 1.44 bits per heavy atom. The third-order valence-corrected chi connectivity index (χ3v) is 3.76. The fourth-order valence-electron chi connectivity index (χ4n) is 1.79. The Kier molecular flexibility index (Phi) is 4.55. The fraction of sp³-hybridized carbons (Fsp3) is 0.357. The molecule has 96 valence electrons. The van der Waals surface area contributed by atoms with Gasteiger partial charge in [-0.1, -0.05) is 6.07 Å². The molecule has 0 saturated heterocycles. The highest BCUT2D eigenvalue weighted by Crippen LogP contribution is 2.23. The average Bonchev–Trinajstić information content (AvgIpc) is 2.34. The fourth-order valence-corrected chi connectivity index (χ4v) is 2.91. The molecule has 18 heavy (non-hydrogen) atoms. The van der Waals surface area contributed by atoms with Crippen LogP contribution in [0.25, 0.3) is 10.9 Å². The van der Waals surface area contributed by atoms with E-state index < -0.39 is 0 Å². The van der Waals surface area contributed by atoms with Crippen molar-refractivity contribution >= 4 is 22.7 Å². The molecule has 0 aliphatic carbocycles. The van der Waals surface area contributed by atoms with Crippen LogP contribution < -0.4 is 5.73 Å². The molecule has 2 rings (SSSR count). The molecule has 0 aliphatic heterocycles. The molecule has 0 aliphatic rings. The van der Waals surface area contributed by atoms with E-state index in [2.05, 4.69) is 4.98 Å². The van der Waals surface area contributed by atoms with E-state index in [9.17, 15) is 4.39 Å². The van der Waals surface area contributed by atoms with Gasteiger partial charge in [-0.2, -0.15) is 11.8 Å². The van der Waals surface area contributed by atoms with Crippen molar-refractivity contribution in [2.24, 2.45) is 5.73 Å². The molecule has 0 radical (unpaired) electrons. The van der Waals surface area contributed by atoms with Gasteiger partial charge in [0.05, 0.1) is 5.52 Å². The molecule has 0 spiro atoms. The van der Waals surface area contributed by atoms with E-state index in [-0.39, 0.29) is 11.9 Å². The van der Waals surface area contributed by atoms with Gasteiger partial charge in [0.1, 0.15) is 5.82 Å². The van der Waals surface area contributed by atoms with Crippen molar-refractivity contribution in [3.05, 3.63) is 41.8 Å². The number of aromatic nitrogens is 1. The maximum Gasteiger partial charge on any atom is 0.124 e. The van der Waals surface area contributed by atoms with Crippen molar-refractivity contribution in [3.63, 3.8) is 0 Å². The van der Waals surface area contributed by atoms with E-state index in [1.54, 1.807) is 24.0 Å². The maximum atomic E-state index is 13.5. The van der Waals surface area contributed by atoms with Crippen LogP contribution in [0.15, 0.2) is 30.5 Å².